The smallest absolute Gasteiger partial charge is 0.226 e. The number of aryl methyl sites for hydroxylation is 1. The van der Waals surface area contributed by atoms with Crippen molar-refractivity contribution in [2.24, 2.45) is 0 Å². The third-order valence-corrected chi connectivity index (χ3v) is 5.49. The average Bonchev–Trinajstić information content (AvgIpc) is 2.79. The quantitative estimate of drug-likeness (QED) is 0.855. The number of carbonyl (C=O) groups is 1. The molecule has 0 spiro atoms. The Balaban J connectivity index is 2.35. The van der Waals surface area contributed by atoms with Gasteiger partial charge in [-0.3, -0.25) is 4.79 Å². The second kappa shape index (κ2) is 5.95. The van der Waals surface area contributed by atoms with Gasteiger partial charge in [-0.2, -0.15) is 0 Å². The first-order chi connectivity index (χ1) is 9.46. The van der Waals surface area contributed by atoms with Gasteiger partial charge in [-0.1, -0.05) is 26.0 Å². The predicted octanol–water partition coefficient (Wildman–Crippen LogP) is 2.18. The fraction of sp³-hybridized carbons (Fsp3) is 0.533. The van der Waals surface area contributed by atoms with Crippen molar-refractivity contribution in [3.8, 4) is 0 Å². The van der Waals surface area contributed by atoms with Gasteiger partial charge in [-0.15, -0.1) is 0 Å². The van der Waals surface area contributed by atoms with Crippen LogP contribution in [0.2, 0.25) is 0 Å². The molecule has 1 atom stereocenters. The second-order valence-electron chi connectivity index (χ2n) is 5.20. The van der Waals surface area contributed by atoms with Gasteiger partial charge >= 0.3 is 0 Å². The molecule has 0 N–H and O–H groups in total. The highest BCUT2D eigenvalue weighted by molar-refractivity contribution is 7.91. The molecule has 1 saturated heterocycles. The summed E-state index contributed by atoms with van der Waals surface area (Å²) in [6.45, 7) is 3.87. The van der Waals surface area contributed by atoms with Crippen LogP contribution in [0.25, 0.3) is 0 Å². The predicted molar refractivity (Wildman–Crippen MR) is 80.7 cm³/mol. The van der Waals surface area contributed by atoms with Crippen LogP contribution < -0.4 is 4.90 Å². The molecule has 1 amide bonds. The topological polar surface area (TPSA) is 54.5 Å². The third kappa shape index (κ3) is 3.20. The maximum atomic E-state index is 12.2. The SMILES string of the molecule is CCC(=O)N(c1cccc(CC)c1)C1CCS(=O)(=O)C1. The summed E-state index contributed by atoms with van der Waals surface area (Å²) in [4.78, 5) is 13.9. The lowest BCUT2D eigenvalue weighted by atomic mass is 10.1. The van der Waals surface area contributed by atoms with E-state index in [2.05, 4.69) is 6.92 Å². The van der Waals surface area contributed by atoms with Crippen LogP contribution in [0, 0.1) is 0 Å². The first-order valence-electron chi connectivity index (χ1n) is 7.08. The highest BCUT2D eigenvalue weighted by atomic mass is 32.2. The van der Waals surface area contributed by atoms with Crippen molar-refractivity contribution in [2.45, 2.75) is 39.2 Å². The number of carbonyl (C=O) groups excluding carboxylic acids is 1. The molecule has 1 unspecified atom stereocenters. The lowest BCUT2D eigenvalue weighted by Crippen LogP contribution is -2.41. The summed E-state index contributed by atoms with van der Waals surface area (Å²) in [5, 5.41) is 0. The van der Waals surface area contributed by atoms with Crippen LogP contribution in [0.15, 0.2) is 24.3 Å². The standard InChI is InChI=1S/C15H21NO3S/c1-3-12-6-5-7-13(10-12)16(15(17)4-2)14-8-9-20(18,19)11-14/h5-7,10,14H,3-4,8-9,11H2,1-2H3. The molecule has 5 heteroatoms. The zero-order valence-electron chi connectivity index (χ0n) is 12.0. The fourth-order valence-corrected chi connectivity index (χ4v) is 4.33. The summed E-state index contributed by atoms with van der Waals surface area (Å²) in [7, 11) is -3.00. The van der Waals surface area contributed by atoms with E-state index in [0.29, 0.717) is 12.8 Å². The Morgan fingerprint density at radius 1 is 1.35 bits per heavy atom. The summed E-state index contributed by atoms with van der Waals surface area (Å²) in [5.41, 5.74) is 1.97. The van der Waals surface area contributed by atoms with Crippen LogP contribution in [-0.4, -0.2) is 31.9 Å². The number of rotatable bonds is 4. The Hall–Kier alpha value is -1.36. The third-order valence-electron chi connectivity index (χ3n) is 3.74. The highest BCUT2D eigenvalue weighted by Gasteiger charge is 2.34. The van der Waals surface area contributed by atoms with Crippen LogP contribution in [0.1, 0.15) is 32.3 Å². The minimum Gasteiger partial charge on any atom is -0.308 e. The molecule has 0 aromatic heterocycles. The monoisotopic (exact) mass is 295 g/mol. The van der Waals surface area contributed by atoms with Gasteiger partial charge < -0.3 is 4.90 Å². The number of amides is 1. The molecule has 1 aromatic rings. The number of anilines is 1. The zero-order chi connectivity index (χ0) is 14.8. The van der Waals surface area contributed by atoms with E-state index >= 15 is 0 Å². The van der Waals surface area contributed by atoms with Gasteiger partial charge in [-0.05, 0) is 30.5 Å². The van der Waals surface area contributed by atoms with Crippen molar-refractivity contribution < 1.29 is 13.2 Å². The summed E-state index contributed by atoms with van der Waals surface area (Å²) < 4.78 is 23.3. The lowest BCUT2D eigenvalue weighted by molar-refractivity contribution is -0.118. The van der Waals surface area contributed by atoms with Gasteiger partial charge in [0.15, 0.2) is 9.84 Å². The van der Waals surface area contributed by atoms with Crippen LogP contribution in [0.5, 0.6) is 0 Å². The normalized spacial score (nSPS) is 20.8. The molecule has 0 saturated carbocycles. The number of benzene rings is 1. The summed E-state index contributed by atoms with van der Waals surface area (Å²) in [6, 6.07) is 7.59. The van der Waals surface area contributed by atoms with E-state index in [0.717, 1.165) is 17.7 Å². The summed E-state index contributed by atoms with van der Waals surface area (Å²) in [5.74, 6) is 0.244. The van der Waals surface area contributed by atoms with Gasteiger partial charge in [0.2, 0.25) is 5.91 Å². The van der Waals surface area contributed by atoms with E-state index in [4.69, 9.17) is 0 Å². The molecule has 1 aliphatic rings. The maximum absolute atomic E-state index is 12.2. The van der Waals surface area contributed by atoms with Gasteiger partial charge in [0, 0.05) is 12.1 Å². The van der Waals surface area contributed by atoms with Crippen LogP contribution >= 0.6 is 0 Å². The van der Waals surface area contributed by atoms with E-state index in [1.54, 1.807) is 4.90 Å². The number of sulfone groups is 1. The van der Waals surface area contributed by atoms with Crippen molar-refractivity contribution >= 4 is 21.4 Å². The van der Waals surface area contributed by atoms with E-state index in [1.165, 1.54) is 0 Å². The van der Waals surface area contributed by atoms with Crippen molar-refractivity contribution in [3.05, 3.63) is 29.8 Å². The average molecular weight is 295 g/mol. The molecule has 20 heavy (non-hydrogen) atoms. The van der Waals surface area contributed by atoms with Crippen molar-refractivity contribution in [2.75, 3.05) is 16.4 Å². The minimum atomic E-state index is -3.00. The lowest BCUT2D eigenvalue weighted by Gasteiger charge is -2.28. The summed E-state index contributed by atoms with van der Waals surface area (Å²) in [6.07, 6.45) is 1.81. The van der Waals surface area contributed by atoms with Crippen LogP contribution in [0.4, 0.5) is 5.69 Å². The van der Waals surface area contributed by atoms with E-state index in [-0.39, 0.29) is 23.5 Å². The Morgan fingerprint density at radius 3 is 2.65 bits per heavy atom. The molecular formula is C15H21NO3S. The molecule has 1 aromatic carbocycles. The zero-order valence-corrected chi connectivity index (χ0v) is 12.8. The van der Waals surface area contributed by atoms with E-state index < -0.39 is 9.84 Å². The molecule has 2 rings (SSSR count). The van der Waals surface area contributed by atoms with Gasteiger partial charge in [0.05, 0.1) is 17.5 Å². The second-order valence-corrected chi connectivity index (χ2v) is 7.43. The van der Waals surface area contributed by atoms with Crippen LogP contribution in [0.3, 0.4) is 0 Å². The van der Waals surface area contributed by atoms with Crippen molar-refractivity contribution in [1.29, 1.82) is 0 Å². The largest absolute Gasteiger partial charge is 0.308 e. The van der Waals surface area contributed by atoms with Gasteiger partial charge in [0.1, 0.15) is 0 Å². The molecule has 0 radical (unpaired) electrons. The number of hydrogen-bond acceptors (Lipinski definition) is 3. The number of hydrogen-bond donors (Lipinski definition) is 0. The molecule has 1 heterocycles. The first-order valence-corrected chi connectivity index (χ1v) is 8.90. The molecule has 0 aliphatic carbocycles. The Bertz CT molecular complexity index is 595. The van der Waals surface area contributed by atoms with Crippen molar-refractivity contribution in [1.82, 2.24) is 0 Å². The Kier molecular flexibility index (Phi) is 4.48. The first kappa shape index (κ1) is 15.0. The van der Waals surface area contributed by atoms with E-state index in [1.807, 2.05) is 31.2 Å². The maximum Gasteiger partial charge on any atom is 0.226 e. The fourth-order valence-electron chi connectivity index (χ4n) is 2.63. The molecule has 1 fully saturated rings. The van der Waals surface area contributed by atoms with Crippen LogP contribution in [-0.2, 0) is 21.1 Å². The van der Waals surface area contributed by atoms with Crippen molar-refractivity contribution in [3.63, 3.8) is 0 Å². The molecule has 110 valence electrons. The molecule has 1 aliphatic heterocycles. The summed E-state index contributed by atoms with van der Waals surface area (Å²) >= 11 is 0. The molecular weight excluding hydrogens is 274 g/mol. The van der Waals surface area contributed by atoms with Gasteiger partial charge in [0.25, 0.3) is 0 Å². The van der Waals surface area contributed by atoms with E-state index in [9.17, 15) is 13.2 Å². The Labute approximate surface area is 120 Å². The molecule has 0 bridgehead atoms. The minimum absolute atomic E-state index is 0.0136. The number of nitrogens with zero attached hydrogens (tertiary/aromatic N) is 1. The Morgan fingerprint density at radius 2 is 2.10 bits per heavy atom. The van der Waals surface area contributed by atoms with Gasteiger partial charge in [-0.25, -0.2) is 8.42 Å². The molecule has 4 nitrogen and oxygen atoms in total. The highest BCUT2D eigenvalue weighted by Crippen LogP contribution is 2.26.